The minimum Gasteiger partial charge on any atom is -0.290 e. The molecule has 0 saturated heterocycles. The Bertz CT molecular complexity index is 58.0. The van der Waals surface area contributed by atoms with Gasteiger partial charge in [0.15, 0.2) is 6.29 Å². The number of rotatable bonds is 3. The van der Waals surface area contributed by atoms with Gasteiger partial charge < -0.3 is 0 Å². The smallest absolute Gasteiger partial charge is 0.290 e. The summed E-state index contributed by atoms with van der Waals surface area (Å²) in [6.07, 6.45) is -1.50. The molecular weight excluding hydrogens is 118 g/mol. The fourth-order valence-corrected chi connectivity index (χ4v) is 0.211. The van der Waals surface area contributed by atoms with Crippen LogP contribution >= 0.6 is 0 Å². The van der Waals surface area contributed by atoms with Gasteiger partial charge in [0.05, 0.1) is 0 Å². The highest BCUT2D eigenvalue weighted by Crippen LogP contribution is 2.01. The van der Waals surface area contributed by atoms with Gasteiger partial charge in [-0.15, -0.1) is 0 Å². The van der Waals surface area contributed by atoms with Crippen molar-refractivity contribution in [3.05, 3.63) is 0 Å². The molecule has 49 valence electrons. The van der Waals surface area contributed by atoms with E-state index >= 15 is 0 Å². The van der Waals surface area contributed by atoms with Gasteiger partial charge in [0.25, 0.3) is 0 Å². The first-order valence-corrected chi connectivity index (χ1v) is 2.26. The van der Waals surface area contributed by atoms with E-state index in [-0.39, 0.29) is 6.42 Å². The molecule has 1 radical (unpaired) electrons. The Labute approximate surface area is 46.1 Å². The highest BCUT2D eigenvalue weighted by atomic mass is 19.3. The molecular formula is C4H7F2O2. The summed E-state index contributed by atoms with van der Waals surface area (Å²) in [6.45, 7) is -1.45. The van der Waals surface area contributed by atoms with Crippen LogP contribution < -0.4 is 0 Å². The third-order valence-electron chi connectivity index (χ3n) is 0.588. The van der Waals surface area contributed by atoms with Crippen LogP contribution in [0.25, 0.3) is 0 Å². The summed E-state index contributed by atoms with van der Waals surface area (Å²) in [5.74, 6) is 0. The molecule has 0 aromatic carbocycles. The van der Waals surface area contributed by atoms with Crippen LogP contribution in [0.2, 0.25) is 0 Å². The lowest BCUT2D eigenvalue weighted by molar-refractivity contribution is -0.247. The molecule has 0 saturated carbocycles. The minimum atomic E-state index is -2.93. The van der Waals surface area contributed by atoms with E-state index in [0.717, 1.165) is 0 Å². The zero-order valence-corrected chi connectivity index (χ0v) is 4.43. The predicted molar refractivity (Wildman–Crippen MR) is 21.9 cm³/mol. The summed E-state index contributed by atoms with van der Waals surface area (Å²) in [6, 6.07) is 0. The molecule has 0 amide bonds. The van der Waals surface area contributed by atoms with Crippen LogP contribution in [0, 0.1) is 0 Å². The number of ether oxygens (including phenoxy) is 1. The monoisotopic (exact) mass is 125 g/mol. The Kier molecular flexibility index (Phi) is 3.64. The van der Waals surface area contributed by atoms with Gasteiger partial charge in [-0.1, -0.05) is 6.92 Å². The molecule has 0 aliphatic rings. The standard InChI is InChI=1S/C4H7F2O2/c1-2-3(7)8-4(5)6/h3-4H,2H2,1H3. The van der Waals surface area contributed by atoms with E-state index in [4.69, 9.17) is 0 Å². The van der Waals surface area contributed by atoms with E-state index in [1.807, 2.05) is 0 Å². The van der Waals surface area contributed by atoms with E-state index in [9.17, 15) is 13.9 Å². The fraction of sp³-hybridized carbons (Fsp3) is 1.00. The number of hydrogen-bond acceptors (Lipinski definition) is 1. The van der Waals surface area contributed by atoms with E-state index < -0.39 is 12.9 Å². The second-order valence-electron chi connectivity index (χ2n) is 1.23. The van der Waals surface area contributed by atoms with Crippen LogP contribution in [0.5, 0.6) is 0 Å². The second-order valence-corrected chi connectivity index (χ2v) is 1.23. The molecule has 0 aromatic rings. The van der Waals surface area contributed by atoms with Crippen LogP contribution in [-0.2, 0) is 9.84 Å². The van der Waals surface area contributed by atoms with Gasteiger partial charge in [0.2, 0.25) is 0 Å². The lowest BCUT2D eigenvalue weighted by atomic mass is 10.5. The van der Waals surface area contributed by atoms with Gasteiger partial charge in [-0.25, -0.2) is 5.11 Å². The third kappa shape index (κ3) is 3.95. The van der Waals surface area contributed by atoms with E-state index in [2.05, 4.69) is 4.74 Å². The number of halogens is 2. The quantitative estimate of drug-likeness (QED) is 0.524. The Morgan fingerprint density at radius 2 is 2.12 bits per heavy atom. The molecule has 0 N–H and O–H groups in total. The molecule has 4 heteroatoms. The number of hydrogen-bond donors (Lipinski definition) is 0. The minimum absolute atomic E-state index is 0.0737. The van der Waals surface area contributed by atoms with Crippen molar-refractivity contribution in [2.45, 2.75) is 26.2 Å². The Balaban J connectivity index is 3.10. The van der Waals surface area contributed by atoms with E-state index in [0.29, 0.717) is 0 Å². The van der Waals surface area contributed by atoms with Gasteiger partial charge in [0.1, 0.15) is 0 Å². The van der Waals surface area contributed by atoms with Crippen molar-refractivity contribution in [2.24, 2.45) is 0 Å². The van der Waals surface area contributed by atoms with Gasteiger partial charge in [-0.3, -0.25) is 4.74 Å². The summed E-state index contributed by atoms with van der Waals surface area (Å²) >= 11 is 0. The molecule has 0 fully saturated rings. The van der Waals surface area contributed by atoms with Crippen molar-refractivity contribution in [3.63, 3.8) is 0 Å². The molecule has 0 aliphatic carbocycles. The van der Waals surface area contributed by atoms with Crippen LogP contribution in [-0.4, -0.2) is 12.9 Å². The van der Waals surface area contributed by atoms with Crippen LogP contribution in [0.4, 0.5) is 8.78 Å². The normalized spacial score (nSPS) is 14.6. The summed E-state index contributed by atoms with van der Waals surface area (Å²) in [5, 5.41) is 10.0. The summed E-state index contributed by atoms with van der Waals surface area (Å²) in [4.78, 5) is 0. The maximum absolute atomic E-state index is 11.0. The zero-order chi connectivity index (χ0) is 6.57. The molecule has 1 atom stereocenters. The third-order valence-corrected chi connectivity index (χ3v) is 0.588. The highest BCUT2D eigenvalue weighted by molar-refractivity contribution is 4.29. The lowest BCUT2D eigenvalue weighted by Gasteiger charge is -2.03. The van der Waals surface area contributed by atoms with Crippen LogP contribution in [0.3, 0.4) is 0 Å². The van der Waals surface area contributed by atoms with Gasteiger partial charge in [-0.2, -0.15) is 8.78 Å². The SMILES string of the molecule is CCC([O])OC(F)F. The van der Waals surface area contributed by atoms with Crippen molar-refractivity contribution in [1.29, 1.82) is 0 Å². The second kappa shape index (κ2) is 3.74. The number of alkyl halides is 2. The van der Waals surface area contributed by atoms with Crippen molar-refractivity contribution in [2.75, 3.05) is 0 Å². The average molecular weight is 125 g/mol. The summed E-state index contributed by atoms with van der Waals surface area (Å²) in [7, 11) is 0. The Morgan fingerprint density at radius 3 is 2.25 bits per heavy atom. The van der Waals surface area contributed by atoms with Gasteiger partial charge >= 0.3 is 6.61 Å². The summed E-state index contributed by atoms with van der Waals surface area (Å²) in [5.41, 5.74) is 0. The topological polar surface area (TPSA) is 29.1 Å². The first kappa shape index (κ1) is 7.78. The molecule has 0 aromatic heterocycles. The van der Waals surface area contributed by atoms with Crippen molar-refractivity contribution >= 4 is 0 Å². The Hall–Kier alpha value is -0.220. The Morgan fingerprint density at radius 1 is 1.62 bits per heavy atom. The first-order valence-electron chi connectivity index (χ1n) is 2.26. The summed E-state index contributed by atoms with van der Waals surface area (Å²) < 4.78 is 25.6. The van der Waals surface area contributed by atoms with Gasteiger partial charge in [-0.05, 0) is 6.42 Å². The molecule has 0 spiro atoms. The maximum atomic E-state index is 11.0. The molecule has 1 unspecified atom stereocenters. The first-order chi connectivity index (χ1) is 3.66. The molecule has 0 heterocycles. The molecule has 8 heavy (non-hydrogen) atoms. The van der Waals surface area contributed by atoms with Crippen molar-refractivity contribution in [3.8, 4) is 0 Å². The zero-order valence-electron chi connectivity index (χ0n) is 4.43. The fourth-order valence-electron chi connectivity index (χ4n) is 0.211. The molecule has 2 nitrogen and oxygen atoms in total. The molecule has 0 aliphatic heterocycles. The van der Waals surface area contributed by atoms with Crippen LogP contribution in [0.1, 0.15) is 13.3 Å². The van der Waals surface area contributed by atoms with E-state index in [1.54, 1.807) is 0 Å². The average Bonchev–Trinajstić information content (AvgIpc) is 1.65. The van der Waals surface area contributed by atoms with Crippen molar-refractivity contribution in [1.82, 2.24) is 0 Å². The highest BCUT2D eigenvalue weighted by Gasteiger charge is 2.09. The van der Waals surface area contributed by atoms with Crippen molar-refractivity contribution < 1.29 is 18.6 Å². The molecule has 0 rings (SSSR count). The predicted octanol–water partition coefficient (Wildman–Crippen LogP) is 1.39. The largest absolute Gasteiger partial charge is 0.347 e. The molecule has 0 bridgehead atoms. The van der Waals surface area contributed by atoms with Crippen LogP contribution in [0.15, 0.2) is 0 Å². The van der Waals surface area contributed by atoms with E-state index in [1.165, 1.54) is 6.92 Å². The lowest BCUT2D eigenvalue weighted by Crippen LogP contribution is -2.12. The van der Waals surface area contributed by atoms with Gasteiger partial charge in [0, 0.05) is 0 Å². The maximum Gasteiger partial charge on any atom is 0.347 e.